The summed E-state index contributed by atoms with van der Waals surface area (Å²) in [7, 11) is 0. The van der Waals surface area contributed by atoms with E-state index in [9.17, 15) is 0 Å². The first-order chi connectivity index (χ1) is 9.62. The summed E-state index contributed by atoms with van der Waals surface area (Å²) in [6, 6.07) is 0. The highest BCUT2D eigenvalue weighted by Crippen LogP contribution is 2.53. The van der Waals surface area contributed by atoms with E-state index < -0.39 is 6.16 Å². The van der Waals surface area contributed by atoms with Crippen molar-refractivity contribution in [3.8, 4) is 0 Å². The Balaban J connectivity index is 1.37. The molecule has 1 saturated carbocycles. The molecule has 0 N–H and O–H groups in total. The van der Waals surface area contributed by atoms with Crippen LogP contribution in [0, 0.1) is 10.8 Å². The number of hydrogen-bond donors (Lipinski definition) is 0. The van der Waals surface area contributed by atoms with Crippen LogP contribution in [-0.2, 0) is 23.7 Å². The van der Waals surface area contributed by atoms with Gasteiger partial charge in [0.1, 0.15) is 0 Å². The lowest BCUT2D eigenvalue weighted by Gasteiger charge is -2.48. The summed E-state index contributed by atoms with van der Waals surface area (Å²) in [6.07, 6.45) is 3.82. The summed E-state index contributed by atoms with van der Waals surface area (Å²) in [6.45, 7) is 6.93. The Kier molecular flexibility index (Phi) is 2.96. The molecular weight excluding hydrogens is 260 g/mol. The zero-order chi connectivity index (χ0) is 13.8. The lowest BCUT2D eigenvalue weighted by molar-refractivity contribution is -0.547. The van der Waals surface area contributed by atoms with Gasteiger partial charge in [0, 0.05) is 10.8 Å². The number of epoxide rings is 1. The fourth-order valence-electron chi connectivity index (χ4n) is 3.67. The smallest absolute Gasteiger partial charge is 0.370 e. The molecule has 0 amide bonds. The predicted molar refractivity (Wildman–Crippen MR) is 69.9 cm³/mol. The monoisotopic (exact) mass is 284 g/mol. The highest BCUT2D eigenvalue weighted by molar-refractivity contribution is 5.04. The van der Waals surface area contributed by atoms with Gasteiger partial charge in [0.05, 0.1) is 38.6 Å². The second-order valence-electron chi connectivity index (χ2n) is 6.98. The maximum absolute atomic E-state index is 5.87. The Labute approximate surface area is 119 Å². The largest absolute Gasteiger partial charge is 0.412 e. The van der Waals surface area contributed by atoms with Gasteiger partial charge in [-0.25, -0.2) is 0 Å². The fraction of sp³-hybridized carbons (Fsp3) is 1.00. The van der Waals surface area contributed by atoms with Crippen LogP contribution in [0.3, 0.4) is 0 Å². The van der Waals surface area contributed by atoms with Gasteiger partial charge >= 0.3 is 6.16 Å². The normalized spacial score (nSPS) is 39.9. The average molecular weight is 284 g/mol. The Morgan fingerprint density at radius 3 is 1.80 bits per heavy atom. The van der Waals surface area contributed by atoms with Gasteiger partial charge < -0.3 is 23.7 Å². The Hall–Kier alpha value is -0.200. The molecule has 5 nitrogen and oxygen atoms in total. The quantitative estimate of drug-likeness (QED) is 0.726. The van der Waals surface area contributed by atoms with E-state index in [4.69, 9.17) is 23.7 Å². The second kappa shape index (κ2) is 4.40. The SMILES string of the molecule is CCC1(CC)COC2(OC1)OCC1(CO2)CC2OC2C1. The van der Waals surface area contributed by atoms with Gasteiger partial charge in [0.2, 0.25) is 0 Å². The van der Waals surface area contributed by atoms with Gasteiger partial charge in [-0.2, -0.15) is 0 Å². The first-order valence-corrected chi connectivity index (χ1v) is 7.84. The van der Waals surface area contributed by atoms with Crippen LogP contribution in [0.15, 0.2) is 0 Å². The van der Waals surface area contributed by atoms with Crippen molar-refractivity contribution in [1.29, 1.82) is 0 Å². The van der Waals surface area contributed by atoms with E-state index in [1.165, 1.54) is 0 Å². The van der Waals surface area contributed by atoms with Crippen molar-refractivity contribution in [2.24, 2.45) is 10.8 Å². The summed E-state index contributed by atoms with van der Waals surface area (Å²) >= 11 is 0. The molecule has 0 aromatic carbocycles. The van der Waals surface area contributed by atoms with Crippen molar-refractivity contribution in [2.75, 3.05) is 26.4 Å². The van der Waals surface area contributed by atoms with Crippen LogP contribution in [0.25, 0.3) is 0 Å². The third-order valence-corrected chi connectivity index (χ3v) is 5.68. The molecule has 0 aromatic rings. The van der Waals surface area contributed by atoms with Gasteiger partial charge in [-0.15, -0.1) is 0 Å². The van der Waals surface area contributed by atoms with Crippen molar-refractivity contribution in [1.82, 2.24) is 0 Å². The standard InChI is InChI=1S/C15H24O5/c1-3-13(4-2)7-16-15(17-8-13)18-9-14(10-19-15)5-11-12(6-14)20-11/h11-12H,3-10H2,1-2H3. The maximum atomic E-state index is 5.87. The molecule has 0 radical (unpaired) electrons. The zero-order valence-corrected chi connectivity index (χ0v) is 12.4. The Morgan fingerprint density at radius 1 is 0.800 bits per heavy atom. The number of hydrogen-bond acceptors (Lipinski definition) is 5. The molecule has 20 heavy (non-hydrogen) atoms. The van der Waals surface area contributed by atoms with E-state index in [2.05, 4.69) is 13.8 Å². The molecule has 114 valence electrons. The third kappa shape index (κ3) is 2.03. The van der Waals surface area contributed by atoms with Crippen LogP contribution < -0.4 is 0 Å². The molecule has 3 heterocycles. The summed E-state index contributed by atoms with van der Waals surface area (Å²) in [5.74, 6) is 0. The molecule has 2 unspecified atom stereocenters. The van der Waals surface area contributed by atoms with E-state index in [1.54, 1.807) is 0 Å². The Morgan fingerprint density at radius 2 is 1.30 bits per heavy atom. The van der Waals surface area contributed by atoms with Gasteiger partial charge in [0.15, 0.2) is 0 Å². The third-order valence-electron chi connectivity index (χ3n) is 5.68. The minimum absolute atomic E-state index is 0.107. The number of rotatable bonds is 2. The van der Waals surface area contributed by atoms with E-state index in [1.807, 2.05) is 0 Å². The first kappa shape index (κ1) is 13.5. The number of ether oxygens (including phenoxy) is 5. The van der Waals surface area contributed by atoms with Gasteiger partial charge in [-0.05, 0) is 25.7 Å². The van der Waals surface area contributed by atoms with Crippen LogP contribution in [0.5, 0.6) is 0 Å². The zero-order valence-electron chi connectivity index (χ0n) is 12.4. The van der Waals surface area contributed by atoms with Crippen LogP contribution in [0.2, 0.25) is 0 Å². The minimum Gasteiger partial charge on any atom is -0.370 e. The topological polar surface area (TPSA) is 49.5 Å². The van der Waals surface area contributed by atoms with Gasteiger partial charge in [-0.1, -0.05) is 13.8 Å². The summed E-state index contributed by atoms with van der Waals surface area (Å²) < 4.78 is 28.9. The van der Waals surface area contributed by atoms with Gasteiger partial charge in [0.25, 0.3) is 0 Å². The molecule has 0 bridgehead atoms. The molecule has 3 saturated heterocycles. The molecule has 4 rings (SSSR count). The molecule has 3 aliphatic heterocycles. The number of fused-ring (bicyclic) bond motifs is 1. The molecular formula is C15H24O5. The van der Waals surface area contributed by atoms with E-state index >= 15 is 0 Å². The molecule has 4 aliphatic rings. The van der Waals surface area contributed by atoms with Crippen LogP contribution in [-0.4, -0.2) is 44.8 Å². The minimum atomic E-state index is -1.24. The predicted octanol–water partition coefficient (Wildman–Crippen LogP) is 2.05. The van der Waals surface area contributed by atoms with Crippen molar-refractivity contribution in [3.63, 3.8) is 0 Å². The highest BCUT2D eigenvalue weighted by atomic mass is 17.0. The highest BCUT2D eigenvalue weighted by Gasteiger charge is 2.60. The van der Waals surface area contributed by atoms with Crippen molar-refractivity contribution >= 4 is 0 Å². The fourth-order valence-corrected chi connectivity index (χ4v) is 3.67. The van der Waals surface area contributed by atoms with Crippen molar-refractivity contribution in [2.45, 2.75) is 57.9 Å². The van der Waals surface area contributed by atoms with E-state index in [-0.39, 0.29) is 10.8 Å². The molecule has 4 fully saturated rings. The van der Waals surface area contributed by atoms with Crippen molar-refractivity contribution in [3.05, 3.63) is 0 Å². The first-order valence-electron chi connectivity index (χ1n) is 7.84. The molecule has 2 spiro atoms. The summed E-state index contributed by atoms with van der Waals surface area (Å²) in [5, 5.41) is 0. The molecule has 1 aliphatic carbocycles. The lowest BCUT2D eigenvalue weighted by Crippen LogP contribution is -2.58. The maximum Gasteiger partial charge on any atom is 0.412 e. The Bertz CT molecular complexity index is 360. The average Bonchev–Trinajstić information content (AvgIpc) is 3.12. The van der Waals surface area contributed by atoms with Crippen LogP contribution >= 0.6 is 0 Å². The summed E-state index contributed by atoms with van der Waals surface area (Å²) in [4.78, 5) is 0. The molecule has 5 heteroatoms. The van der Waals surface area contributed by atoms with Crippen molar-refractivity contribution < 1.29 is 23.7 Å². The molecule has 0 aromatic heterocycles. The molecule has 2 atom stereocenters. The van der Waals surface area contributed by atoms with Crippen LogP contribution in [0.4, 0.5) is 0 Å². The summed E-state index contributed by atoms with van der Waals surface area (Å²) in [5.41, 5.74) is 0.228. The van der Waals surface area contributed by atoms with Gasteiger partial charge in [-0.3, -0.25) is 0 Å². The van der Waals surface area contributed by atoms with E-state index in [0.717, 1.165) is 25.7 Å². The van der Waals surface area contributed by atoms with E-state index in [0.29, 0.717) is 38.6 Å². The lowest BCUT2D eigenvalue weighted by atomic mass is 9.83. The second-order valence-corrected chi connectivity index (χ2v) is 6.98. The van der Waals surface area contributed by atoms with Crippen LogP contribution in [0.1, 0.15) is 39.5 Å².